The fourth-order valence-corrected chi connectivity index (χ4v) is 3.36. The number of aromatic nitrogens is 1. The van der Waals surface area contributed by atoms with Crippen molar-refractivity contribution in [2.45, 2.75) is 20.0 Å². The molecule has 1 aromatic rings. The number of halogens is 1. The molecule has 16 heavy (non-hydrogen) atoms. The van der Waals surface area contributed by atoms with Gasteiger partial charge >= 0.3 is 7.60 Å². The summed E-state index contributed by atoms with van der Waals surface area (Å²) in [6, 6.07) is 1.86. The summed E-state index contributed by atoms with van der Waals surface area (Å²) in [4.78, 5) is 4.01. The Balaban J connectivity index is 2.79. The molecule has 0 saturated carbocycles. The van der Waals surface area contributed by atoms with Crippen LogP contribution in [0, 0.1) is 0 Å². The normalized spacial score (nSPS) is 11.7. The van der Waals surface area contributed by atoms with E-state index < -0.39 is 7.60 Å². The molecule has 0 bridgehead atoms. The molecule has 0 aliphatic rings. The fourth-order valence-electron chi connectivity index (χ4n) is 1.29. The number of hydrogen-bond donors (Lipinski definition) is 0. The summed E-state index contributed by atoms with van der Waals surface area (Å²) >= 11 is 3.31. The van der Waals surface area contributed by atoms with Crippen molar-refractivity contribution < 1.29 is 13.6 Å². The average Bonchev–Trinajstić information content (AvgIpc) is 2.17. The van der Waals surface area contributed by atoms with Gasteiger partial charge in [0.05, 0.1) is 19.4 Å². The van der Waals surface area contributed by atoms with Crippen molar-refractivity contribution in [3.63, 3.8) is 0 Å². The Kier molecular flexibility index (Phi) is 5.62. The Morgan fingerprint density at radius 1 is 1.31 bits per heavy atom. The van der Waals surface area contributed by atoms with Crippen molar-refractivity contribution in [2.24, 2.45) is 0 Å². The van der Waals surface area contributed by atoms with E-state index in [4.69, 9.17) is 9.05 Å². The van der Waals surface area contributed by atoms with Gasteiger partial charge in [-0.3, -0.25) is 9.55 Å². The molecule has 0 aromatic carbocycles. The van der Waals surface area contributed by atoms with Gasteiger partial charge in [0, 0.05) is 16.9 Å². The number of nitrogens with zero attached hydrogens (tertiary/aromatic N) is 1. The molecule has 0 atom stereocenters. The summed E-state index contributed by atoms with van der Waals surface area (Å²) in [6.45, 7) is 4.34. The second-order valence-electron chi connectivity index (χ2n) is 3.12. The Morgan fingerprint density at radius 2 is 1.94 bits per heavy atom. The van der Waals surface area contributed by atoms with E-state index in [1.807, 2.05) is 6.07 Å². The van der Waals surface area contributed by atoms with Crippen molar-refractivity contribution >= 4 is 23.5 Å². The second kappa shape index (κ2) is 6.50. The maximum Gasteiger partial charge on any atom is 0.335 e. The van der Waals surface area contributed by atoms with E-state index in [1.54, 1.807) is 26.2 Å². The molecule has 1 heterocycles. The van der Waals surface area contributed by atoms with E-state index in [2.05, 4.69) is 20.9 Å². The molecule has 0 spiro atoms. The third kappa shape index (κ3) is 4.34. The Bertz CT molecular complexity index is 376. The van der Waals surface area contributed by atoms with Crippen LogP contribution in [0.2, 0.25) is 0 Å². The van der Waals surface area contributed by atoms with Gasteiger partial charge in [-0.25, -0.2) is 0 Å². The van der Waals surface area contributed by atoms with Gasteiger partial charge in [0.2, 0.25) is 0 Å². The molecule has 1 rings (SSSR count). The van der Waals surface area contributed by atoms with Gasteiger partial charge in [-0.15, -0.1) is 0 Å². The monoisotopic (exact) mass is 307 g/mol. The molecular formula is C10H15BrNO3P. The highest BCUT2D eigenvalue weighted by atomic mass is 79.9. The van der Waals surface area contributed by atoms with E-state index in [0.717, 1.165) is 10.0 Å². The van der Waals surface area contributed by atoms with Gasteiger partial charge in [0.1, 0.15) is 0 Å². The molecule has 0 aliphatic carbocycles. The first-order chi connectivity index (χ1) is 7.59. The molecule has 4 nitrogen and oxygen atoms in total. The lowest BCUT2D eigenvalue weighted by atomic mass is 10.3. The fraction of sp³-hybridized carbons (Fsp3) is 0.500. The third-order valence-electron chi connectivity index (χ3n) is 1.79. The first kappa shape index (κ1) is 13.8. The van der Waals surface area contributed by atoms with Gasteiger partial charge in [-0.2, -0.15) is 0 Å². The maximum absolute atomic E-state index is 12.2. The van der Waals surface area contributed by atoms with Gasteiger partial charge in [0.15, 0.2) is 0 Å². The van der Waals surface area contributed by atoms with Crippen LogP contribution in [0.3, 0.4) is 0 Å². The van der Waals surface area contributed by atoms with Crippen LogP contribution in [-0.2, 0) is 19.8 Å². The maximum atomic E-state index is 12.2. The van der Waals surface area contributed by atoms with Crippen molar-refractivity contribution in [3.8, 4) is 0 Å². The van der Waals surface area contributed by atoms with E-state index in [-0.39, 0.29) is 6.16 Å². The smallest absolute Gasteiger partial charge is 0.309 e. The number of pyridine rings is 1. The lowest BCUT2D eigenvalue weighted by Gasteiger charge is -2.16. The highest BCUT2D eigenvalue weighted by Gasteiger charge is 2.24. The van der Waals surface area contributed by atoms with Crippen molar-refractivity contribution in [1.29, 1.82) is 0 Å². The molecule has 0 saturated heterocycles. The Labute approximate surface area is 104 Å². The van der Waals surface area contributed by atoms with Crippen molar-refractivity contribution in [3.05, 3.63) is 28.5 Å². The average molecular weight is 308 g/mol. The van der Waals surface area contributed by atoms with Crippen LogP contribution in [0.5, 0.6) is 0 Å². The quantitative estimate of drug-likeness (QED) is 0.753. The Morgan fingerprint density at radius 3 is 2.44 bits per heavy atom. The first-order valence-electron chi connectivity index (χ1n) is 5.07. The lowest BCUT2D eigenvalue weighted by molar-refractivity contribution is 0.219. The lowest BCUT2D eigenvalue weighted by Crippen LogP contribution is -1.99. The van der Waals surface area contributed by atoms with E-state index in [1.165, 1.54) is 0 Å². The van der Waals surface area contributed by atoms with E-state index >= 15 is 0 Å². The van der Waals surface area contributed by atoms with Crippen LogP contribution in [0.15, 0.2) is 22.9 Å². The second-order valence-corrected chi connectivity index (χ2v) is 6.09. The van der Waals surface area contributed by atoms with E-state index in [0.29, 0.717) is 13.2 Å². The molecule has 0 aliphatic heterocycles. The van der Waals surface area contributed by atoms with Gasteiger partial charge < -0.3 is 9.05 Å². The molecule has 0 unspecified atom stereocenters. The van der Waals surface area contributed by atoms with Gasteiger partial charge in [-0.05, 0) is 41.4 Å². The molecule has 0 radical (unpaired) electrons. The zero-order valence-electron chi connectivity index (χ0n) is 9.35. The predicted octanol–water partition coefficient (Wildman–Crippen LogP) is 3.61. The summed E-state index contributed by atoms with van der Waals surface area (Å²) in [5.41, 5.74) is 0.833. The van der Waals surface area contributed by atoms with Crippen LogP contribution in [-0.4, -0.2) is 18.2 Å². The largest absolute Gasteiger partial charge is 0.335 e. The SMILES string of the molecule is CCOP(=O)(Cc1cncc(Br)c1)OCC. The van der Waals surface area contributed by atoms with Crippen molar-refractivity contribution in [1.82, 2.24) is 4.98 Å². The number of rotatable bonds is 6. The van der Waals surface area contributed by atoms with Crippen LogP contribution in [0.1, 0.15) is 19.4 Å². The molecule has 0 N–H and O–H groups in total. The molecule has 6 heteroatoms. The standard InChI is InChI=1S/C10H15BrNO3P/c1-3-14-16(13,15-4-2)8-9-5-10(11)7-12-6-9/h5-7H,3-4,8H2,1-2H3. The highest BCUT2D eigenvalue weighted by Crippen LogP contribution is 2.51. The Hall–Kier alpha value is -0.220. The first-order valence-corrected chi connectivity index (χ1v) is 7.59. The zero-order valence-corrected chi connectivity index (χ0v) is 11.8. The summed E-state index contributed by atoms with van der Waals surface area (Å²) in [6.07, 6.45) is 3.59. The van der Waals surface area contributed by atoms with Crippen LogP contribution in [0.25, 0.3) is 0 Å². The topological polar surface area (TPSA) is 48.4 Å². The van der Waals surface area contributed by atoms with Crippen LogP contribution in [0.4, 0.5) is 0 Å². The summed E-state index contributed by atoms with van der Waals surface area (Å²) in [7, 11) is -3.02. The van der Waals surface area contributed by atoms with Crippen LogP contribution >= 0.6 is 23.5 Å². The summed E-state index contributed by atoms with van der Waals surface area (Å²) in [5, 5.41) is 0. The summed E-state index contributed by atoms with van der Waals surface area (Å²) in [5.74, 6) is 0. The number of hydrogen-bond acceptors (Lipinski definition) is 4. The van der Waals surface area contributed by atoms with Crippen molar-refractivity contribution in [2.75, 3.05) is 13.2 Å². The summed E-state index contributed by atoms with van der Waals surface area (Å²) < 4.78 is 23.5. The molecule has 90 valence electrons. The minimum absolute atomic E-state index is 0.251. The third-order valence-corrected chi connectivity index (χ3v) is 4.28. The van der Waals surface area contributed by atoms with Gasteiger partial charge in [-0.1, -0.05) is 0 Å². The predicted molar refractivity (Wildman–Crippen MR) is 66.5 cm³/mol. The molecule has 0 fully saturated rings. The molecular weight excluding hydrogens is 293 g/mol. The van der Waals surface area contributed by atoms with Crippen LogP contribution < -0.4 is 0 Å². The van der Waals surface area contributed by atoms with E-state index in [9.17, 15) is 4.57 Å². The highest BCUT2D eigenvalue weighted by molar-refractivity contribution is 9.10. The zero-order chi connectivity index (χ0) is 12.0. The molecule has 1 aromatic heterocycles. The molecule has 0 amide bonds. The minimum Gasteiger partial charge on any atom is -0.309 e. The van der Waals surface area contributed by atoms with Gasteiger partial charge in [0.25, 0.3) is 0 Å². The minimum atomic E-state index is -3.02.